The summed E-state index contributed by atoms with van der Waals surface area (Å²) in [7, 11) is 1.42. The normalized spacial score (nSPS) is 42.9. The Morgan fingerprint density at radius 1 is 1.25 bits per heavy atom. The van der Waals surface area contributed by atoms with Crippen molar-refractivity contribution < 1.29 is 19.2 Å². The van der Waals surface area contributed by atoms with Crippen molar-refractivity contribution in [3.8, 4) is 0 Å². The third-order valence-electron chi connectivity index (χ3n) is 4.23. The topological polar surface area (TPSA) is 47.8 Å². The van der Waals surface area contributed by atoms with E-state index in [9.17, 15) is 9.59 Å². The highest BCUT2D eigenvalue weighted by atomic mass is 16.5. The maximum atomic E-state index is 11.9. The second-order valence-electron chi connectivity index (χ2n) is 5.73. The van der Waals surface area contributed by atoms with Gasteiger partial charge in [0.1, 0.15) is 16.9 Å². The van der Waals surface area contributed by atoms with Crippen LogP contribution in [0.1, 0.15) is 46.0 Å². The van der Waals surface area contributed by atoms with Crippen LogP contribution in [-0.4, -0.2) is 30.1 Å². The minimum Gasteiger partial charge on any atom is -0.423 e. The van der Waals surface area contributed by atoms with Gasteiger partial charge in [0.2, 0.25) is 0 Å². The van der Waals surface area contributed by atoms with Crippen LogP contribution in [0, 0.1) is 0 Å². The second-order valence-corrected chi connectivity index (χ2v) is 5.73. The summed E-state index contributed by atoms with van der Waals surface area (Å²) in [5.41, 5.74) is -0.509. The third kappa shape index (κ3) is 1.56. The fraction of sp³-hybridized carbons (Fsp3) is 0.833. The van der Waals surface area contributed by atoms with E-state index >= 15 is 0 Å². The molecule has 0 radical (unpaired) electrons. The summed E-state index contributed by atoms with van der Waals surface area (Å²) in [6.07, 6.45) is 3.76. The highest BCUT2D eigenvalue weighted by molar-refractivity contribution is 5.82. The first kappa shape index (κ1) is 11.6. The number of rotatable bonds is 0. The number of piperidine rings is 2. The first-order chi connectivity index (χ1) is 7.41. The Kier molecular flexibility index (Phi) is 2.57. The van der Waals surface area contributed by atoms with Crippen LogP contribution in [0.2, 0.25) is 0 Å². The molecule has 2 aliphatic heterocycles. The zero-order valence-corrected chi connectivity index (χ0v) is 10.3. The zero-order chi connectivity index (χ0) is 12.0. The quantitative estimate of drug-likeness (QED) is 0.661. The van der Waals surface area contributed by atoms with Crippen molar-refractivity contribution in [2.45, 2.75) is 57.0 Å². The molecule has 3 atom stereocenters. The van der Waals surface area contributed by atoms with Gasteiger partial charge in [-0.2, -0.15) is 4.79 Å². The molecular weight excluding hydrogens is 206 g/mol. The minimum atomic E-state index is -0.255. The van der Waals surface area contributed by atoms with E-state index in [4.69, 9.17) is 4.74 Å². The van der Waals surface area contributed by atoms with E-state index < -0.39 is 0 Å². The second kappa shape index (κ2) is 3.55. The van der Waals surface area contributed by atoms with Crippen LogP contribution in [0.15, 0.2) is 0 Å². The van der Waals surface area contributed by atoms with Gasteiger partial charge < -0.3 is 4.74 Å². The number of ketones is 1. The summed E-state index contributed by atoms with van der Waals surface area (Å²) in [6.45, 7) is 4.07. The van der Waals surface area contributed by atoms with Crippen LogP contribution in [0.5, 0.6) is 0 Å². The Bertz CT molecular complexity index is 319. The predicted molar refractivity (Wildman–Crippen MR) is 58.3 cm³/mol. The minimum absolute atomic E-state index is 0.211. The number of hydrogen-bond acceptors (Lipinski definition) is 3. The Morgan fingerprint density at radius 2 is 1.75 bits per heavy atom. The smallest absolute Gasteiger partial charge is 0.423 e. The van der Waals surface area contributed by atoms with Crippen molar-refractivity contribution in [1.29, 1.82) is 0 Å². The van der Waals surface area contributed by atoms with Crippen LogP contribution in [-0.2, 0) is 9.53 Å². The number of hydrogen-bond donors (Lipinski definition) is 1. The Hall–Kier alpha value is -0.900. The van der Waals surface area contributed by atoms with Crippen molar-refractivity contribution in [2.75, 3.05) is 7.11 Å². The Morgan fingerprint density at radius 3 is 2.19 bits per heavy atom. The molecule has 4 heteroatoms. The molecule has 2 fully saturated rings. The molecule has 16 heavy (non-hydrogen) atoms. The number of carbonyl (C=O) groups excluding carboxylic acids is 2. The zero-order valence-electron chi connectivity index (χ0n) is 10.3. The summed E-state index contributed by atoms with van der Waals surface area (Å²) in [6, 6.07) is 0. The maximum Gasteiger partial charge on any atom is 0.514 e. The number of carbonyl (C=O) groups is 2. The lowest BCUT2D eigenvalue weighted by atomic mass is 9.69. The van der Waals surface area contributed by atoms with E-state index in [2.05, 4.69) is 0 Å². The lowest BCUT2D eigenvalue weighted by Gasteiger charge is -2.52. The van der Waals surface area contributed by atoms with Crippen molar-refractivity contribution in [1.82, 2.24) is 0 Å². The van der Waals surface area contributed by atoms with Gasteiger partial charge in [-0.15, -0.1) is 0 Å². The highest BCUT2D eigenvalue weighted by Gasteiger charge is 2.60. The molecule has 0 aromatic rings. The van der Waals surface area contributed by atoms with Crippen molar-refractivity contribution in [2.24, 2.45) is 0 Å². The van der Waals surface area contributed by atoms with E-state index in [-0.39, 0.29) is 23.0 Å². The van der Waals surface area contributed by atoms with Gasteiger partial charge in [0.25, 0.3) is 0 Å². The van der Waals surface area contributed by atoms with Gasteiger partial charge in [0, 0.05) is 12.8 Å². The Labute approximate surface area is 95.9 Å². The summed E-state index contributed by atoms with van der Waals surface area (Å²) in [5, 5.41) is 0. The van der Waals surface area contributed by atoms with Gasteiger partial charge in [-0.3, -0.25) is 4.79 Å². The van der Waals surface area contributed by atoms with Crippen LogP contribution in [0.25, 0.3) is 0 Å². The molecule has 1 amide bonds. The number of Topliss-reactive ketones (excluding diaryl/α,β-unsaturated/α-hetero) is 1. The molecule has 2 bridgehead atoms. The average molecular weight is 226 g/mol. The molecule has 1 N–H and O–H groups in total. The third-order valence-corrected chi connectivity index (χ3v) is 4.23. The first-order valence-corrected chi connectivity index (χ1v) is 5.89. The number of alkyl carbamates (subject to hydrolysis) is 2. The van der Waals surface area contributed by atoms with Crippen LogP contribution < -0.4 is 4.90 Å². The van der Waals surface area contributed by atoms with Gasteiger partial charge in [0.15, 0.2) is 0 Å². The summed E-state index contributed by atoms with van der Waals surface area (Å²) in [4.78, 5) is 24.6. The molecule has 2 rings (SSSR count). The lowest BCUT2D eigenvalue weighted by molar-refractivity contribution is -0.938. The largest absolute Gasteiger partial charge is 0.514 e. The number of quaternary nitrogens is 1. The van der Waals surface area contributed by atoms with Gasteiger partial charge in [0.05, 0.1) is 20.0 Å². The van der Waals surface area contributed by atoms with Gasteiger partial charge >= 0.3 is 6.09 Å². The standard InChI is InChI=1S/C12H19NO3/c1-11-5-4-6-12(2,8-9(14)7-11)13(11)10(15)16-3/h4-8H2,1-3H3/p+1/t11-,12+. The van der Waals surface area contributed by atoms with Crippen LogP contribution >= 0.6 is 0 Å². The molecule has 0 aromatic carbocycles. The predicted octanol–water partition coefficient (Wildman–Crippen LogP) is 0.702. The molecule has 2 heterocycles. The summed E-state index contributed by atoms with van der Waals surface area (Å²) >= 11 is 0. The van der Waals surface area contributed by atoms with Gasteiger partial charge in [-0.25, -0.2) is 4.90 Å². The summed E-state index contributed by atoms with van der Waals surface area (Å²) in [5.74, 6) is 0.289. The number of fused-ring (bicyclic) bond motifs is 2. The monoisotopic (exact) mass is 226 g/mol. The lowest BCUT2D eigenvalue weighted by Crippen LogP contribution is -3.30. The number of ether oxygens (including phenoxy) is 1. The number of amides is 1. The Balaban J connectivity index is 2.40. The van der Waals surface area contributed by atoms with Crippen molar-refractivity contribution >= 4 is 11.9 Å². The fourth-order valence-electron chi connectivity index (χ4n) is 3.73. The van der Waals surface area contributed by atoms with E-state index in [1.807, 2.05) is 13.8 Å². The summed E-state index contributed by atoms with van der Waals surface area (Å²) < 4.78 is 4.90. The van der Waals surface area contributed by atoms with E-state index in [0.717, 1.165) is 24.2 Å². The molecule has 4 nitrogen and oxygen atoms in total. The molecule has 2 aliphatic rings. The van der Waals surface area contributed by atoms with Crippen molar-refractivity contribution in [3.05, 3.63) is 0 Å². The fourth-order valence-corrected chi connectivity index (χ4v) is 3.73. The first-order valence-electron chi connectivity index (χ1n) is 5.89. The van der Waals surface area contributed by atoms with Crippen molar-refractivity contribution in [3.63, 3.8) is 0 Å². The SMILES string of the molecule is COC(=O)[NH+]1[C@@]2(C)CCC[C@]1(C)CC(=O)C2. The van der Waals surface area contributed by atoms with Gasteiger partial charge in [-0.1, -0.05) is 0 Å². The van der Waals surface area contributed by atoms with Crippen LogP contribution in [0.3, 0.4) is 0 Å². The number of nitrogens with one attached hydrogen (secondary N) is 1. The molecule has 0 aliphatic carbocycles. The molecule has 1 unspecified atom stereocenters. The maximum absolute atomic E-state index is 11.9. The molecule has 90 valence electrons. The highest BCUT2D eigenvalue weighted by Crippen LogP contribution is 2.33. The average Bonchev–Trinajstić information content (AvgIpc) is 2.13. The molecule has 0 aromatic heterocycles. The van der Waals surface area contributed by atoms with E-state index in [1.165, 1.54) is 7.11 Å². The molecular formula is C12H20NO3+. The van der Waals surface area contributed by atoms with Gasteiger partial charge in [-0.05, 0) is 20.3 Å². The molecule has 0 spiro atoms. The van der Waals surface area contributed by atoms with E-state index in [0.29, 0.717) is 12.8 Å². The molecule has 0 saturated carbocycles. The van der Waals surface area contributed by atoms with E-state index in [1.54, 1.807) is 0 Å². The van der Waals surface area contributed by atoms with Crippen LogP contribution in [0.4, 0.5) is 4.79 Å². The molecule has 2 saturated heterocycles. The number of methoxy groups -OCH3 is 1.